The summed E-state index contributed by atoms with van der Waals surface area (Å²) in [6.07, 6.45) is 5.20. The van der Waals surface area contributed by atoms with Gasteiger partial charge in [0.25, 0.3) is 0 Å². The predicted octanol–water partition coefficient (Wildman–Crippen LogP) is 4.54. The topological polar surface area (TPSA) is 6.48 Å². The standard InChI is InChI=1S/C18H28F2N2/c1-3-5-7-16-8-10-17(11-9-16)21-13-14-22(12-6-4-2)18(19,20)15-21/h8-11H,3-7,12-15H2,1-2H3. The van der Waals surface area contributed by atoms with Crippen molar-refractivity contribution in [1.82, 2.24) is 4.90 Å². The number of aryl methyl sites for hydroxylation is 1. The van der Waals surface area contributed by atoms with Gasteiger partial charge in [0, 0.05) is 25.3 Å². The Morgan fingerprint density at radius 3 is 2.27 bits per heavy atom. The first-order chi connectivity index (χ1) is 10.6. The molecule has 1 aliphatic heterocycles. The van der Waals surface area contributed by atoms with Crippen LogP contribution in [0.3, 0.4) is 0 Å². The number of piperazine rings is 1. The average Bonchev–Trinajstić information content (AvgIpc) is 2.51. The minimum absolute atomic E-state index is 0.203. The molecule has 1 saturated heterocycles. The molecule has 22 heavy (non-hydrogen) atoms. The Kier molecular flexibility index (Phi) is 6.18. The van der Waals surface area contributed by atoms with Crippen LogP contribution in [-0.2, 0) is 6.42 Å². The summed E-state index contributed by atoms with van der Waals surface area (Å²) in [4.78, 5) is 3.15. The van der Waals surface area contributed by atoms with Crippen LogP contribution in [0.25, 0.3) is 0 Å². The summed E-state index contributed by atoms with van der Waals surface area (Å²) in [7, 11) is 0. The van der Waals surface area contributed by atoms with E-state index in [0.717, 1.165) is 24.9 Å². The fraction of sp³-hybridized carbons (Fsp3) is 0.667. The van der Waals surface area contributed by atoms with Crippen LogP contribution in [0.2, 0.25) is 0 Å². The van der Waals surface area contributed by atoms with Gasteiger partial charge in [-0.2, -0.15) is 8.78 Å². The SMILES string of the molecule is CCCCc1ccc(N2CCN(CCCC)C(F)(F)C2)cc1. The predicted molar refractivity (Wildman–Crippen MR) is 88.7 cm³/mol. The highest BCUT2D eigenvalue weighted by Gasteiger charge is 2.42. The van der Waals surface area contributed by atoms with Gasteiger partial charge in [0.2, 0.25) is 0 Å². The quantitative estimate of drug-likeness (QED) is 0.682. The monoisotopic (exact) mass is 310 g/mol. The summed E-state index contributed by atoms with van der Waals surface area (Å²) < 4.78 is 28.5. The van der Waals surface area contributed by atoms with E-state index < -0.39 is 6.05 Å². The minimum Gasteiger partial charge on any atom is -0.363 e. The molecular weight excluding hydrogens is 282 g/mol. The zero-order valence-electron chi connectivity index (χ0n) is 13.8. The Morgan fingerprint density at radius 1 is 1.00 bits per heavy atom. The van der Waals surface area contributed by atoms with Gasteiger partial charge in [0.1, 0.15) is 0 Å². The van der Waals surface area contributed by atoms with E-state index in [9.17, 15) is 8.78 Å². The number of rotatable bonds is 7. The molecular formula is C18H28F2N2. The highest BCUT2D eigenvalue weighted by molar-refractivity contribution is 5.48. The molecule has 0 saturated carbocycles. The van der Waals surface area contributed by atoms with Crippen LogP contribution in [-0.4, -0.2) is 37.1 Å². The zero-order valence-corrected chi connectivity index (χ0v) is 13.8. The Labute approximate surface area is 133 Å². The van der Waals surface area contributed by atoms with Gasteiger partial charge < -0.3 is 4.90 Å². The van der Waals surface area contributed by atoms with Crippen LogP contribution in [0.15, 0.2) is 24.3 Å². The summed E-state index contributed by atoms with van der Waals surface area (Å²) in [5, 5.41) is 0. The number of unbranched alkanes of at least 4 members (excludes halogenated alkanes) is 2. The van der Waals surface area contributed by atoms with Crippen molar-refractivity contribution in [2.45, 2.75) is 52.0 Å². The third-order valence-corrected chi connectivity index (χ3v) is 4.39. The van der Waals surface area contributed by atoms with E-state index in [1.807, 2.05) is 24.0 Å². The lowest BCUT2D eigenvalue weighted by molar-refractivity contribution is -0.149. The Hall–Kier alpha value is -1.16. The van der Waals surface area contributed by atoms with Crippen molar-refractivity contribution in [3.63, 3.8) is 0 Å². The van der Waals surface area contributed by atoms with Gasteiger partial charge in [-0.3, -0.25) is 0 Å². The number of anilines is 1. The molecule has 1 aromatic carbocycles. The Balaban J connectivity index is 1.96. The smallest absolute Gasteiger partial charge is 0.322 e. The molecule has 1 aliphatic rings. The van der Waals surface area contributed by atoms with Crippen molar-refractivity contribution in [1.29, 1.82) is 0 Å². The van der Waals surface area contributed by atoms with Gasteiger partial charge in [0.15, 0.2) is 0 Å². The molecule has 2 rings (SSSR count). The Morgan fingerprint density at radius 2 is 1.68 bits per heavy atom. The zero-order chi connectivity index (χ0) is 16.0. The molecule has 1 fully saturated rings. The molecule has 0 unspecified atom stereocenters. The molecule has 4 heteroatoms. The lowest BCUT2D eigenvalue weighted by Crippen LogP contribution is -2.58. The van der Waals surface area contributed by atoms with E-state index >= 15 is 0 Å². The second-order valence-electron chi connectivity index (χ2n) is 6.20. The number of hydrogen-bond acceptors (Lipinski definition) is 2. The third-order valence-electron chi connectivity index (χ3n) is 4.39. The number of benzene rings is 1. The minimum atomic E-state index is -2.73. The maximum Gasteiger partial charge on any atom is 0.322 e. The number of nitrogens with zero attached hydrogens (tertiary/aromatic N) is 2. The number of hydrogen-bond donors (Lipinski definition) is 0. The van der Waals surface area contributed by atoms with Gasteiger partial charge in [0.05, 0.1) is 6.54 Å². The van der Waals surface area contributed by atoms with Crippen molar-refractivity contribution in [2.24, 2.45) is 0 Å². The van der Waals surface area contributed by atoms with Crippen LogP contribution in [0.5, 0.6) is 0 Å². The first kappa shape index (κ1) is 17.2. The van der Waals surface area contributed by atoms with Crippen molar-refractivity contribution >= 4 is 5.69 Å². The molecule has 0 radical (unpaired) electrons. The number of halogens is 2. The molecule has 0 aliphatic carbocycles. The highest BCUT2D eigenvalue weighted by atomic mass is 19.3. The molecule has 124 valence electrons. The first-order valence-corrected chi connectivity index (χ1v) is 8.53. The van der Waals surface area contributed by atoms with E-state index in [2.05, 4.69) is 19.1 Å². The van der Waals surface area contributed by atoms with Gasteiger partial charge >= 0.3 is 6.05 Å². The summed E-state index contributed by atoms with van der Waals surface area (Å²) in [5.74, 6) is 0. The van der Waals surface area contributed by atoms with Crippen LogP contribution in [0.1, 0.15) is 45.1 Å². The van der Waals surface area contributed by atoms with E-state index in [0.29, 0.717) is 19.6 Å². The summed E-state index contributed by atoms with van der Waals surface area (Å²) >= 11 is 0. The maximum absolute atomic E-state index is 14.3. The van der Waals surface area contributed by atoms with Crippen LogP contribution < -0.4 is 4.90 Å². The number of alkyl halides is 2. The molecule has 2 nitrogen and oxygen atoms in total. The lowest BCUT2D eigenvalue weighted by atomic mass is 10.1. The largest absolute Gasteiger partial charge is 0.363 e. The molecule has 0 N–H and O–H groups in total. The van der Waals surface area contributed by atoms with E-state index in [-0.39, 0.29) is 6.54 Å². The van der Waals surface area contributed by atoms with Crippen molar-refractivity contribution in [2.75, 3.05) is 31.1 Å². The van der Waals surface area contributed by atoms with Gasteiger partial charge in [-0.1, -0.05) is 38.8 Å². The summed E-state index contributed by atoms with van der Waals surface area (Å²) in [6, 6.07) is 5.40. The molecule has 0 amide bonds. The molecule has 1 aromatic rings. The second-order valence-corrected chi connectivity index (χ2v) is 6.20. The Bertz CT molecular complexity index is 445. The van der Waals surface area contributed by atoms with Crippen LogP contribution in [0.4, 0.5) is 14.5 Å². The van der Waals surface area contributed by atoms with Crippen LogP contribution in [0, 0.1) is 0 Å². The normalized spacial score (nSPS) is 18.6. The molecule has 0 spiro atoms. The van der Waals surface area contributed by atoms with Gasteiger partial charge in [-0.25, -0.2) is 4.90 Å². The summed E-state index contributed by atoms with van der Waals surface area (Å²) in [6.45, 7) is 5.61. The third kappa shape index (κ3) is 4.42. The van der Waals surface area contributed by atoms with Gasteiger partial charge in [-0.05, 0) is 37.0 Å². The van der Waals surface area contributed by atoms with E-state index in [1.54, 1.807) is 0 Å². The van der Waals surface area contributed by atoms with Crippen LogP contribution >= 0.6 is 0 Å². The van der Waals surface area contributed by atoms with Crippen molar-refractivity contribution in [3.05, 3.63) is 29.8 Å². The lowest BCUT2D eigenvalue weighted by Gasteiger charge is -2.42. The molecule has 0 atom stereocenters. The molecule has 1 heterocycles. The fourth-order valence-corrected chi connectivity index (χ4v) is 2.91. The maximum atomic E-state index is 14.3. The van der Waals surface area contributed by atoms with Crippen molar-refractivity contribution in [3.8, 4) is 0 Å². The highest BCUT2D eigenvalue weighted by Crippen LogP contribution is 2.29. The van der Waals surface area contributed by atoms with Gasteiger partial charge in [-0.15, -0.1) is 0 Å². The average molecular weight is 310 g/mol. The van der Waals surface area contributed by atoms with E-state index in [1.165, 1.54) is 23.3 Å². The van der Waals surface area contributed by atoms with E-state index in [4.69, 9.17) is 0 Å². The fourth-order valence-electron chi connectivity index (χ4n) is 2.91. The van der Waals surface area contributed by atoms with Crippen molar-refractivity contribution < 1.29 is 8.78 Å². The molecule has 0 bridgehead atoms. The first-order valence-electron chi connectivity index (χ1n) is 8.53. The second kappa shape index (κ2) is 7.91. The molecule has 0 aromatic heterocycles. The summed E-state index contributed by atoms with van der Waals surface area (Å²) in [5.41, 5.74) is 2.20.